The molecule has 0 aromatic heterocycles. The summed E-state index contributed by atoms with van der Waals surface area (Å²) in [6.07, 6.45) is 0. The second-order valence-electron chi connectivity index (χ2n) is 6.33. The number of hydrogen-bond acceptors (Lipinski definition) is 3. The van der Waals surface area contributed by atoms with Gasteiger partial charge in [0.25, 0.3) is 0 Å². The number of ether oxygens (including phenoxy) is 1. The van der Waals surface area contributed by atoms with E-state index < -0.39 is 6.04 Å². The highest BCUT2D eigenvalue weighted by Crippen LogP contribution is 2.22. The Balaban J connectivity index is 1.71. The predicted molar refractivity (Wildman–Crippen MR) is 99.9 cm³/mol. The molecule has 2 amide bonds. The van der Waals surface area contributed by atoms with E-state index in [-0.39, 0.29) is 18.4 Å². The van der Waals surface area contributed by atoms with Gasteiger partial charge in [0.15, 0.2) is 0 Å². The number of carbonyl (C=O) groups is 2. The molecule has 2 aromatic rings. The lowest BCUT2D eigenvalue weighted by molar-refractivity contribution is -0.156. The third-order valence-corrected chi connectivity index (χ3v) is 4.98. The summed E-state index contributed by atoms with van der Waals surface area (Å²) in [5.41, 5.74) is 1.80. The van der Waals surface area contributed by atoms with Gasteiger partial charge in [-0.05, 0) is 36.2 Å². The van der Waals surface area contributed by atoms with Crippen molar-refractivity contribution in [2.75, 3.05) is 13.7 Å². The van der Waals surface area contributed by atoms with Crippen molar-refractivity contribution < 1.29 is 14.3 Å². The van der Waals surface area contributed by atoms with Gasteiger partial charge in [-0.1, -0.05) is 41.9 Å². The Morgan fingerprint density at radius 2 is 1.77 bits per heavy atom. The molecule has 1 heterocycles. The molecule has 1 saturated heterocycles. The van der Waals surface area contributed by atoms with E-state index in [9.17, 15) is 9.59 Å². The Kier molecular flexibility index (Phi) is 5.47. The standard InChI is InChI=1S/C20H21ClN2O3/c1-14-20(25)22(11-15-7-9-17(26-2)10-8-15)13-19(24)23(14)12-16-5-3-4-6-18(16)21/h3-10,14H,11-13H2,1-2H3/t14-/m0/s1. The summed E-state index contributed by atoms with van der Waals surface area (Å²) in [5.74, 6) is 0.618. The summed E-state index contributed by atoms with van der Waals surface area (Å²) in [5, 5.41) is 0.598. The lowest BCUT2D eigenvalue weighted by Crippen LogP contribution is -2.58. The number of benzene rings is 2. The molecule has 3 rings (SSSR count). The van der Waals surface area contributed by atoms with Crippen molar-refractivity contribution in [3.05, 3.63) is 64.7 Å². The van der Waals surface area contributed by atoms with Gasteiger partial charge >= 0.3 is 0 Å². The Morgan fingerprint density at radius 3 is 2.42 bits per heavy atom. The van der Waals surface area contributed by atoms with Crippen molar-refractivity contribution in [1.29, 1.82) is 0 Å². The zero-order valence-corrected chi connectivity index (χ0v) is 15.6. The highest BCUT2D eigenvalue weighted by Gasteiger charge is 2.36. The minimum absolute atomic E-state index is 0.0625. The summed E-state index contributed by atoms with van der Waals surface area (Å²) < 4.78 is 5.14. The third kappa shape index (κ3) is 3.83. The summed E-state index contributed by atoms with van der Waals surface area (Å²) in [6, 6.07) is 14.3. The Morgan fingerprint density at radius 1 is 1.08 bits per heavy atom. The number of piperazine rings is 1. The maximum absolute atomic E-state index is 12.8. The zero-order valence-electron chi connectivity index (χ0n) is 14.8. The van der Waals surface area contributed by atoms with Gasteiger partial charge in [0.2, 0.25) is 11.8 Å². The van der Waals surface area contributed by atoms with Gasteiger partial charge in [-0.2, -0.15) is 0 Å². The van der Waals surface area contributed by atoms with Gasteiger partial charge in [0.1, 0.15) is 18.3 Å². The molecule has 6 heteroatoms. The molecular formula is C20H21ClN2O3. The van der Waals surface area contributed by atoms with E-state index in [1.165, 1.54) is 0 Å². The average molecular weight is 373 g/mol. The first-order valence-corrected chi connectivity index (χ1v) is 8.82. The van der Waals surface area contributed by atoms with Crippen LogP contribution in [0.15, 0.2) is 48.5 Å². The minimum atomic E-state index is -0.522. The van der Waals surface area contributed by atoms with E-state index in [0.717, 1.165) is 16.9 Å². The van der Waals surface area contributed by atoms with Crippen molar-refractivity contribution >= 4 is 23.4 Å². The normalized spacial score (nSPS) is 17.6. The van der Waals surface area contributed by atoms with Crippen LogP contribution in [0.4, 0.5) is 0 Å². The van der Waals surface area contributed by atoms with Crippen molar-refractivity contribution in [3.8, 4) is 5.75 Å². The van der Waals surface area contributed by atoms with Crippen LogP contribution in [0.3, 0.4) is 0 Å². The van der Waals surface area contributed by atoms with Crippen molar-refractivity contribution in [1.82, 2.24) is 9.80 Å². The fourth-order valence-corrected chi connectivity index (χ4v) is 3.26. The van der Waals surface area contributed by atoms with Crippen LogP contribution in [-0.4, -0.2) is 41.3 Å². The fraction of sp³-hybridized carbons (Fsp3) is 0.300. The Bertz CT molecular complexity index is 807. The number of rotatable bonds is 5. The van der Waals surface area contributed by atoms with E-state index in [4.69, 9.17) is 16.3 Å². The monoisotopic (exact) mass is 372 g/mol. The van der Waals surface area contributed by atoms with Crippen molar-refractivity contribution in [2.24, 2.45) is 0 Å². The molecule has 1 atom stereocenters. The summed E-state index contributed by atoms with van der Waals surface area (Å²) >= 11 is 6.19. The topological polar surface area (TPSA) is 49.9 Å². The first-order chi connectivity index (χ1) is 12.5. The number of amides is 2. The zero-order chi connectivity index (χ0) is 18.7. The molecule has 0 bridgehead atoms. The largest absolute Gasteiger partial charge is 0.497 e. The highest BCUT2D eigenvalue weighted by atomic mass is 35.5. The second kappa shape index (κ2) is 7.79. The van der Waals surface area contributed by atoms with Gasteiger partial charge < -0.3 is 14.5 Å². The van der Waals surface area contributed by atoms with Gasteiger partial charge in [-0.3, -0.25) is 9.59 Å². The Hall–Kier alpha value is -2.53. The van der Waals surface area contributed by atoms with Gasteiger partial charge in [-0.25, -0.2) is 0 Å². The number of halogens is 1. The highest BCUT2D eigenvalue weighted by molar-refractivity contribution is 6.31. The van der Waals surface area contributed by atoms with Gasteiger partial charge in [0, 0.05) is 18.1 Å². The van der Waals surface area contributed by atoms with Crippen molar-refractivity contribution in [2.45, 2.75) is 26.1 Å². The molecule has 2 aromatic carbocycles. The molecule has 0 radical (unpaired) electrons. The van der Waals surface area contributed by atoms with Crippen LogP contribution in [-0.2, 0) is 22.7 Å². The van der Waals surface area contributed by atoms with E-state index in [1.807, 2.05) is 42.5 Å². The molecule has 1 fully saturated rings. The van der Waals surface area contributed by atoms with Crippen LogP contribution in [0, 0.1) is 0 Å². The SMILES string of the molecule is COc1ccc(CN2CC(=O)N(Cc3ccccc3Cl)[C@@H](C)C2=O)cc1. The molecule has 0 unspecified atom stereocenters. The molecule has 26 heavy (non-hydrogen) atoms. The molecule has 136 valence electrons. The predicted octanol–water partition coefficient (Wildman–Crippen LogP) is 3.11. The number of hydrogen-bond donors (Lipinski definition) is 0. The molecule has 1 aliphatic heterocycles. The van der Waals surface area contributed by atoms with E-state index in [2.05, 4.69) is 0 Å². The minimum Gasteiger partial charge on any atom is -0.497 e. The van der Waals surface area contributed by atoms with Crippen LogP contribution in [0.2, 0.25) is 5.02 Å². The third-order valence-electron chi connectivity index (χ3n) is 4.61. The smallest absolute Gasteiger partial charge is 0.245 e. The molecule has 5 nitrogen and oxygen atoms in total. The maximum Gasteiger partial charge on any atom is 0.245 e. The van der Waals surface area contributed by atoms with Crippen LogP contribution >= 0.6 is 11.6 Å². The summed E-state index contributed by atoms with van der Waals surface area (Å²) in [6.45, 7) is 2.57. The molecule has 0 N–H and O–H groups in total. The van der Waals surface area contributed by atoms with Gasteiger partial charge in [-0.15, -0.1) is 0 Å². The number of carbonyl (C=O) groups excluding carboxylic acids is 2. The van der Waals surface area contributed by atoms with Crippen LogP contribution in [0.1, 0.15) is 18.1 Å². The van der Waals surface area contributed by atoms with E-state index in [0.29, 0.717) is 18.1 Å². The quantitative estimate of drug-likeness (QED) is 0.810. The van der Waals surface area contributed by atoms with Crippen LogP contribution in [0.25, 0.3) is 0 Å². The van der Waals surface area contributed by atoms with E-state index in [1.54, 1.807) is 29.9 Å². The van der Waals surface area contributed by atoms with Crippen molar-refractivity contribution in [3.63, 3.8) is 0 Å². The lowest BCUT2D eigenvalue weighted by Gasteiger charge is -2.39. The second-order valence-corrected chi connectivity index (χ2v) is 6.74. The van der Waals surface area contributed by atoms with Crippen LogP contribution < -0.4 is 4.74 Å². The molecular weight excluding hydrogens is 352 g/mol. The lowest BCUT2D eigenvalue weighted by atomic mass is 10.1. The van der Waals surface area contributed by atoms with Gasteiger partial charge in [0.05, 0.1) is 7.11 Å². The fourth-order valence-electron chi connectivity index (χ4n) is 3.07. The first kappa shape index (κ1) is 18.3. The summed E-state index contributed by atoms with van der Waals surface area (Å²) in [4.78, 5) is 28.6. The molecule has 0 saturated carbocycles. The summed E-state index contributed by atoms with van der Waals surface area (Å²) in [7, 11) is 1.61. The number of methoxy groups -OCH3 is 1. The average Bonchev–Trinajstić information content (AvgIpc) is 2.65. The van der Waals surface area contributed by atoms with Crippen LogP contribution in [0.5, 0.6) is 5.75 Å². The maximum atomic E-state index is 12.8. The van der Waals surface area contributed by atoms with E-state index >= 15 is 0 Å². The Labute approximate surface area is 158 Å². The number of nitrogens with zero attached hydrogens (tertiary/aromatic N) is 2. The molecule has 1 aliphatic rings. The first-order valence-electron chi connectivity index (χ1n) is 8.44. The molecule has 0 aliphatic carbocycles. The molecule has 0 spiro atoms.